The molecule has 2 saturated carbocycles. The Balaban J connectivity index is 1.66. The second-order valence-electron chi connectivity index (χ2n) is 7.79. The van der Waals surface area contributed by atoms with Crippen molar-refractivity contribution < 1.29 is 9.53 Å². The van der Waals surface area contributed by atoms with Crippen LogP contribution in [0.5, 0.6) is 0 Å². The molecule has 0 radical (unpaired) electrons. The maximum absolute atomic E-state index is 11.5. The Morgan fingerprint density at radius 3 is 2.67 bits per heavy atom. The molecule has 0 saturated heterocycles. The molecule has 3 rings (SSSR count). The summed E-state index contributed by atoms with van der Waals surface area (Å²) in [4.78, 5) is 24.5. The Bertz CT molecular complexity index is 754. The van der Waals surface area contributed by atoms with Gasteiger partial charge in [0.1, 0.15) is 11.6 Å². The predicted molar refractivity (Wildman–Crippen MR) is 108 cm³/mol. The van der Waals surface area contributed by atoms with Crippen molar-refractivity contribution in [3.63, 3.8) is 0 Å². The number of aliphatic imine (C=N–C) groups is 2. The van der Waals surface area contributed by atoms with Crippen molar-refractivity contribution in [2.24, 2.45) is 21.8 Å². The molecule has 0 N–H and O–H groups in total. The van der Waals surface area contributed by atoms with E-state index in [0.717, 1.165) is 30.5 Å². The van der Waals surface area contributed by atoms with Crippen LogP contribution in [0.4, 0.5) is 0 Å². The zero-order valence-corrected chi connectivity index (χ0v) is 16.6. The lowest BCUT2D eigenvalue weighted by atomic mass is 9.84. The topological polar surface area (TPSA) is 63.9 Å². The Morgan fingerprint density at radius 2 is 2.04 bits per heavy atom. The molecular formula is C22H29N3O2. The number of rotatable bonds is 6. The van der Waals surface area contributed by atoms with E-state index >= 15 is 0 Å². The van der Waals surface area contributed by atoms with Gasteiger partial charge in [0.15, 0.2) is 0 Å². The van der Waals surface area contributed by atoms with E-state index in [1.165, 1.54) is 5.56 Å². The first kappa shape index (κ1) is 19.5. The van der Waals surface area contributed by atoms with Gasteiger partial charge in [-0.1, -0.05) is 6.07 Å². The van der Waals surface area contributed by atoms with Gasteiger partial charge in [-0.3, -0.25) is 9.78 Å². The molecule has 0 aliphatic heterocycles. The second-order valence-corrected chi connectivity index (χ2v) is 7.79. The van der Waals surface area contributed by atoms with E-state index in [4.69, 9.17) is 4.74 Å². The van der Waals surface area contributed by atoms with Gasteiger partial charge in [0, 0.05) is 36.6 Å². The number of allylic oxidation sites excluding steroid dienone is 1. The van der Waals surface area contributed by atoms with Crippen molar-refractivity contribution in [2.75, 3.05) is 6.61 Å². The minimum absolute atomic E-state index is 0.354. The summed E-state index contributed by atoms with van der Waals surface area (Å²) >= 11 is 0. The van der Waals surface area contributed by atoms with E-state index < -0.39 is 0 Å². The highest BCUT2D eigenvalue weighted by Gasteiger charge is 2.40. The molecule has 2 fully saturated rings. The van der Waals surface area contributed by atoms with Gasteiger partial charge in [0.25, 0.3) is 0 Å². The van der Waals surface area contributed by atoms with E-state index in [9.17, 15) is 4.79 Å². The van der Waals surface area contributed by atoms with E-state index in [1.807, 2.05) is 13.1 Å². The van der Waals surface area contributed by atoms with Crippen LogP contribution in [0.2, 0.25) is 0 Å². The largest absolute Gasteiger partial charge is 0.477 e. The van der Waals surface area contributed by atoms with Gasteiger partial charge < -0.3 is 4.74 Å². The van der Waals surface area contributed by atoms with Crippen molar-refractivity contribution in [3.8, 4) is 0 Å². The monoisotopic (exact) mass is 367 g/mol. The number of aromatic nitrogens is 1. The van der Waals surface area contributed by atoms with Crippen molar-refractivity contribution >= 4 is 18.3 Å². The van der Waals surface area contributed by atoms with Crippen molar-refractivity contribution in [1.29, 1.82) is 0 Å². The summed E-state index contributed by atoms with van der Waals surface area (Å²) in [6.45, 7) is 10.1. The number of hydrogen-bond donors (Lipinski definition) is 0. The van der Waals surface area contributed by atoms with Gasteiger partial charge >= 0.3 is 0 Å². The van der Waals surface area contributed by atoms with Gasteiger partial charge in [-0.25, -0.2) is 4.99 Å². The molecule has 0 unspecified atom stereocenters. The molecule has 27 heavy (non-hydrogen) atoms. The van der Waals surface area contributed by atoms with Crippen LogP contribution in [0.25, 0.3) is 0 Å². The van der Waals surface area contributed by atoms with Crippen molar-refractivity contribution in [1.82, 2.24) is 4.98 Å². The first-order chi connectivity index (χ1) is 13.0. The number of carbonyl (C=O) groups excluding carboxylic acids is 1. The molecule has 1 aromatic rings. The lowest BCUT2D eigenvalue weighted by molar-refractivity contribution is -0.120. The highest BCUT2D eigenvalue weighted by molar-refractivity contribution is 5.84. The highest BCUT2D eigenvalue weighted by atomic mass is 16.5. The summed E-state index contributed by atoms with van der Waals surface area (Å²) < 4.78 is 6.15. The number of hydrogen-bond acceptors (Lipinski definition) is 4. The van der Waals surface area contributed by atoms with Crippen LogP contribution in [-0.4, -0.2) is 29.9 Å². The van der Waals surface area contributed by atoms with E-state index in [2.05, 4.69) is 47.7 Å². The fourth-order valence-electron chi connectivity index (χ4n) is 3.64. The van der Waals surface area contributed by atoms with Crippen LogP contribution < -0.4 is 0 Å². The molecule has 5 nitrogen and oxygen atoms in total. The zero-order chi connectivity index (χ0) is 19.4. The second kappa shape index (κ2) is 8.59. The number of amidine groups is 1. The minimum atomic E-state index is 0.354. The fourth-order valence-corrected chi connectivity index (χ4v) is 3.64. The van der Waals surface area contributed by atoms with Crippen LogP contribution >= 0.6 is 0 Å². The number of carbonyl (C=O) groups is 1. The maximum Gasteiger partial charge on any atom is 0.214 e. The Kier molecular flexibility index (Phi) is 6.19. The molecule has 2 aliphatic carbocycles. The Hall–Kier alpha value is -2.30. The molecule has 5 heteroatoms. The third-order valence-electron chi connectivity index (χ3n) is 5.66. The van der Waals surface area contributed by atoms with E-state index in [1.54, 1.807) is 0 Å². The van der Waals surface area contributed by atoms with Gasteiger partial charge in [-0.05, 0) is 69.9 Å². The van der Waals surface area contributed by atoms with Crippen LogP contribution in [-0.2, 0) is 9.53 Å². The van der Waals surface area contributed by atoms with Gasteiger partial charge in [0.05, 0.1) is 6.61 Å². The number of ether oxygens (including phenoxy) is 1. The molecule has 0 spiro atoms. The summed E-state index contributed by atoms with van der Waals surface area (Å²) in [5, 5.41) is 0. The molecule has 1 heterocycles. The van der Waals surface area contributed by atoms with Gasteiger partial charge in [0.2, 0.25) is 5.88 Å². The minimum Gasteiger partial charge on any atom is -0.477 e. The summed E-state index contributed by atoms with van der Waals surface area (Å²) in [6.07, 6.45) is 6.10. The normalized spacial score (nSPS) is 24.4. The third-order valence-corrected chi connectivity index (χ3v) is 5.66. The smallest absolute Gasteiger partial charge is 0.214 e. The maximum atomic E-state index is 11.5. The first-order valence-electron chi connectivity index (χ1n) is 9.77. The predicted octanol–water partition coefficient (Wildman–Crippen LogP) is 4.62. The SMILES string of the molecule is C=N/C(C)=N\C(OC[C@H]1C[C@@H]1c1ccc(C)cn1)=C(/C)C1CCC(=O)CC1. The van der Waals surface area contributed by atoms with Gasteiger partial charge in [-0.15, -0.1) is 0 Å². The molecule has 1 aromatic heterocycles. The molecule has 0 bridgehead atoms. The van der Waals surface area contributed by atoms with Crippen molar-refractivity contribution in [3.05, 3.63) is 41.0 Å². The number of nitrogens with zero attached hydrogens (tertiary/aromatic N) is 3. The van der Waals surface area contributed by atoms with Crippen LogP contribution in [0, 0.1) is 18.8 Å². The summed E-state index contributed by atoms with van der Waals surface area (Å²) in [7, 11) is 0. The number of ketones is 1. The standard InChI is InChI=1S/C22H29N3O2/c1-14-5-10-21(24-12-14)20-11-18(20)13-27-22(25-16(3)23-4)15(2)17-6-8-19(26)9-7-17/h5,10,12,17-18,20H,4,6-9,11,13H2,1-3H3/b22-15-,25-16-/t18-,20+/m1/s1. The average Bonchev–Trinajstić information content (AvgIpc) is 3.45. The van der Waals surface area contributed by atoms with Gasteiger partial charge in [-0.2, -0.15) is 4.99 Å². The zero-order valence-electron chi connectivity index (χ0n) is 16.6. The lowest BCUT2D eigenvalue weighted by Crippen LogP contribution is -2.16. The van der Waals surface area contributed by atoms with E-state index in [0.29, 0.717) is 54.7 Å². The van der Waals surface area contributed by atoms with Crippen LogP contribution in [0.1, 0.15) is 63.1 Å². The third kappa shape index (κ3) is 5.12. The lowest BCUT2D eigenvalue weighted by Gasteiger charge is -2.23. The first-order valence-corrected chi connectivity index (χ1v) is 9.77. The summed E-state index contributed by atoms with van der Waals surface area (Å²) in [5.74, 6) is 2.92. The number of pyridine rings is 1. The summed E-state index contributed by atoms with van der Waals surface area (Å²) in [6, 6.07) is 4.23. The Labute approximate surface area is 161 Å². The number of Topliss-reactive ketones (excluding diaryl/α,β-unsaturated/α-hetero) is 1. The highest BCUT2D eigenvalue weighted by Crippen LogP contribution is 2.47. The summed E-state index contributed by atoms with van der Waals surface area (Å²) in [5.41, 5.74) is 3.45. The number of aryl methyl sites for hydroxylation is 1. The average molecular weight is 367 g/mol. The van der Waals surface area contributed by atoms with Crippen LogP contribution in [0.15, 0.2) is 39.8 Å². The van der Waals surface area contributed by atoms with E-state index in [-0.39, 0.29) is 0 Å². The van der Waals surface area contributed by atoms with Crippen LogP contribution in [0.3, 0.4) is 0 Å². The molecule has 0 aromatic carbocycles. The molecule has 0 amide bonds. The van der Waals surface area contributed by atoms with Crippen molar-refractivity contribution in [2.45, 2.75) is 58.8 Å². The molecule has 144 valence electrons. The molecular weight excluding hydrogens is 338 g/mol. The quantitative estimate of drug-likeness (QED) is 0.419. The Morgan fingerprint density at radius 1 is 1.30 bits per heavy atom. The molecule has 2 atom stereocenters. The molecule has 2 aliphatic rings. The fraction of sp³-hybridized carbons (Fsp3) is 0.545.